The van der Waals surface area contributed by atoms with Gasteiger partial charge < -0.3 is 5.32 Å². The Balaban J connectivity index is 2.16. The third kappa shape index (κ3) is 4.32. The van der Waals surface area contributed by atoms with Crippen molar-refractivity contribution in [2.24, 2.45) is 0 Å². The van der Waals surface area contributed by atoms with Gasteiger partial charge in [-0.15, -0.1) is 11.3 Å². The highest BCUT2D eigenvalue weighted by atomic mass is 79.9. The highest BCUT2D eigenvalue weighted by Crippen LogP contribution is 2.29. The minimum atomic E-state index is 0.330. The van der Waals surface area contributed by atoms with E-state index < -0.39 is 0 Å². The molecule has 0 aliphatic rings. The van der Waals surface area contributed by atoms with Gasteiger partial charge in [0.25, 0.3) is 0 Å². The number of thiophene rings is 1. The van der Waals surface area contributed by atoms with Crippen molar-refractivity contribution in [1.82, 2.24) is 5.32 Å². The van der Waals surface area contributed by atoms with Gasteiger partial charge in [0.1, 0.15) is 0 Å². The molecule has 0 saturated heterocycles. The van der Waals surface area contributed by atoms with Crippen LogP contribution in [-0.4, -0.2) is 6.54 Å². The fourth-order valence-electron chi connectivity index (χ4n) is 1.99. The molecule has 4 heteroatoms. The molecule has 0 aliphatic carbocycles. The number of rotatable bonds is 6. The molecule has 102 valence electrons. The van der Waals surface area contributed by atoms with Crippen molar-refractivity contribution in [3.63, 3.8) is 0 Å². The Bertz CT molecular complexity index is 526. The number of nitrogens with one attached hydrogen (secondary N) is 1. The Morgan fingerprint density at radius 3 is 2.79 bits per heavy atom. The van der Waals surface area contributed by atoms with Crippen LogP contribution in [0.5, 0.6) is 0 Å². The Kier molecular flexibility index (Phi) is 5.89. The van der Waals surface area contributed by atoms with Crippen LogP contribution in [0.1, 0.15) is 29.8 Å². The molecule has 1 nitrogen and oxygen atoms in total. The van der Waals surface area contributed by atoms with Gasteiger partial charge in [-0.3, -0.25) is 0 Å². The van der Waals surface area contributed by atoms with Crippen LogP contribution in [0.3, 0.4) is 0 Å². The van der Waals surface area contributed by atoms with E-state index in [0.29, 0.717) is 6.04 Å². The van der Waals surface area contributed by atoms with E-state index in [1.165, 1.54) is 10.4 Å². The first kappa shape index (κ1) is 15.0. The molecule has 0 amide bonds. The van der Waals surface area contributed by atoms with Crippen LogP contribution in [0.15, 0.2) is 40.2 Å². The van der Waals surface area contributed by atoms with E-state index in [-0.39, 0.29) is 0 Å². The zero-order valence-electron chi connectivity index (χ0n) is 10.8. The van der Waals surface area contributed by atoms with Crippen molar-refractivity contribution in [3.05, 3.63) is 55.6 Å². The minimum Gasteiger partial charge on any atom is -0.309 e. The third-order valence-corrected chi connectivity index (χ3v) is 5.13. The zero-order valence-corrected chi connectivity index (χ0v) is 14.0. The lowest BCUT2D eigenvalue weighted by atomic mass is 10.0. The summed E-state index contributed by atoms with van der Waals surface area (Å²) in [5.74, 6) is 0. The van der Waals surface area contributed by atoms with Gasteiger partial charge in [-0.25, -0.2) is 0 Å². The normalized spacial score (nSPS) is 12.6. The van der Waals surface area contributed by atoms with E-state index in [0.717, 1.165) is 28.9 Å². The van der Waals surface area contributed by atoms with Gasteiger partial charge in [-0.2, -0.15) is 0 Å². The molecule has 0 fully saturated rings. The average molecular weight is 359 g/mol. The fourth-order valence-corrected chi connectivity index (χ4v) is 3.72. The molecule has 1 N–H and O–H groups in total. The van der Waals surface area contributed by atoms with Crippen molar-refractivity contribution >= 4 is 38.9 Å². The second-order valence-corrected chi connectivity index (χ2v) is 6.74. The molecule has 0 spiro atoms. The standard InChI is InChI=1S/C15H17BrClNS/c1-2-7-18-14(15-9-12(16)10-19-15)8-11-5-3-4-6-13(11)17/h3-6,9-10,14,18H,2,7-8H2,1H3. The summed E-state index contributed by atoms with van der Waals surface area (Å²) in [5.41, 5.74) is 1.20. The van der Waals surface area contributed by atoms with Gasteiger partial charge in [0.2, 0.25) is 0 Å². The SMILES string of the molecule is CCCNC(Cc1ccccc1Cl)c1cc(Br)cs1. The van der Waals surface area contributed by atoms with E-state index in [9.17, 15) is 0 Å². The molecule has 0 bridgehead atoms. The monoisotopic (exact) mass is 357 g/mol. The van der Waals surface area contributed by atoms with E-state index in [1.807, 2.05) is 18.2 Å². The summed E-state index contributed by atoms with van der Waals surface area (Å²) < 4.78 is 1.15. The van der Waals surface area contributed by atoms with Crippen LogP contribution in [0.25, 0.3) is 0 Å². The first-order valence-electron chi connectivity index (χ1n) is 6.41. The van der Waals surface area contributed by atoms with Crippen molar-refractivity contribution < 1.29 is 0 Å². The van der Waals surface area contributed by atoms with Gasteiger partial charge in [-0.05, 0) is 53.0 Å². The summed E-state index contributed by atoms with van der Waals surface area (Å²) in [6.07, 6.45) is 2.05. The number of halogens is 2. The molecule has 1 heterocycles. The molecule has 2 aromatic rings. The van der Waals surface area contributed by atoms with E-state index in [4.69, 9.17) is 11.6 Å². The van der Waals surface area contributed by atoms with E-state index in [1.54, 1.807) is 11.3 Å². The van der Waals surface area contributed by atoms with Crippen LogP contribution >= 0.6 is 38.9 Å². The summed E-state index contributed by atoms with van der Waals surface area (Å²) in [7, 11) is 0. The van der Waals surface area contributed by atoms with Gasteiger partial charge >= 0.3 is 0 Å². The van der Waals surface area contributed by atoms with Gasteiger partial charge in [-0.1, -0.05) is 36.7 Å². The molecule has 1 atom stereocenters. The predicted molar refractivity (Wildman–Crippen MR) is 88.2 cm³/mol. The first-order valence-corrected chi connectivity index (χ1v) is 8.46. The average Bonchev–Trinajstić information content (AvgIpc) is 2.83. The zero-order chi connectivity index (χ0) is 13.7. The topological polar surface area (TPSA) is 12.0 Å². The Morgan fingerprint density at radius 2 is 2.16 bits per heavy atom. The lowest BCUT2D eigenvalue weighted by Crippen LogP contribution is -2.23. The summed E-state index contributed by atoms with van der Waals surface area (Å²) in [4.78, 5) is 1.35. The van der Waals surface area contributed by atoms with Crippen molar-refractivity contribution in [2.45, 2.75) is 25.8 Å². The molecule has 19 heavy (non-hydrogen) atoms. The van der Waals surface area contributed by atoms with Crippen LogP contribution in [-0.2, 0) is 6.42 Å². The Labute approximate surface area is 132 Å². The molecule has 1 unspecified atom stereocenters. The Morgan fingerprint density at radius 1 is 1.37 bits per heavy atom. The highest BCUT2D eigenvalue weighted by molar-refractivity contribution is 9.10. The quantitative estimate of drug-likeness (QED) is 0.724. The lowest BCUT2D eigenvalue weighted by Gasteiger charge is -2.18. The number of benzene rings is 1. The summed E-state index contributed by atoms with van der Waals surface area (Å²) in [6.45, 7) is 3.20. The number of hydrogen-bond acceptors (Lipinski definition) is 2. The van der Waals surface area contributed by atoms with Crippen molar-refractivity contribution in [3.8, 4) is 0 Å². The van der Waals surface area contributed by atoms with Crippen LogP contribution < -0.4 is 5.32 Å². The molecule has 1 aromatic heterocycles. The Hall–Kier alpha value is -0.350. The summed E-state index contributed by atoms with van der Waals surface area (Å²) >= 11 is 11.6. The van der Waals surface area contributed by atoms with Crippen LogP contribution in [0.4, 0.5) is 0 Å². The maximum absolute atomic E-state index is 6.26. The maximum Gasteiger partial charge on any atom is 0.0456 e. The second kappa shape index (κ2) is 7.44. The molecular formula is C15H17BrClNS. The van der Waals surface area contributed by atoms with Crippen LogP contribution in [0.2, 0.25) is 5.02 Å². The van der Waals surface area contributed by atoms with E-state index >= 15 is 0 Å². The highest BCUT2D eigenvalue weighted by Gasteiger charge is 2.15. The predicted octanol–water partition coefficient (Wildman–Crippen LogP) is 5.45. The molecule has 1 aromatic carbocycles. The second-order valence-electron chi connectivity index (χ2n) is 4.47. The molecular weight excluding hydrogens is 342 g/mol. The minimum absolute atomic E-state index is 0.330. The van der Waals surface area contributed by atoms with Gasteiger partial charge in [0.05, 0.1) is 0 Å². The molecule has 0 aliphatic heterocycles. The summed E-state index contributed by atoms with van der Waals surface area (Å²) in [6, 6.07) is 10.6. The molecule has 0 radical (unpaired) electrons. The smallest absolute Gasteiger partial charge is 0.0456 e. The largest absolute Gasteiger partial charge is 0.309 e. The molecule has 0 saturated carbocycles. The third-order valence-electron chi connectivity index (χ3n) is 2.95. The van der Waals surface area contributed by atoms with E-state index in [2.05, 4.69) is 45.7 Å². The molecule has 2 rings (SSSR count). The fraction of sp³-hybridized carbons (Fsp3) is 0.333. The summed E-state index contributed by atoms with van der Waals surface area (Å²) in [5, 5.41) is 6.58. The van der Waals surface area contributed by atoms with Gasteiger partial charge in [0, 0.05) is 25.8 Å². The van der Waals surface area contributed by atoms with Crippen molar-refractivity contribution in [2.75, 3.05) is 6.54 Å². The van der Waals surface area contributed by atoms with Gasteiger partial charge in [0.15, 0.2) is 0 Å². The lowest BCUT2D eigenvalue weighted by molar-refractivity contribution is 0.536. The first-order chi connectivity index (χ1) is 9.20. The maximum atomic E-state index is 6.26. The number of hydrogen-bond donors (Lipinski definition) is 1. The van der Waals surface area contributed by atoms with Crippen LogP contribution in [0, 0.1) is 0 Å². The van der Waals surface area contributed by atoms with Crippen molar-refractivity contribution in [1.29, 1.82) is 0 Å².